The van der Waals surface area contributed by atoms with Crippen molar-refractivity contribution in [2.75, 3.05) is 0 Å². The number of ether oxygens (including phenoxy) is 1. The third-order valence-electron chi connectivity index (χ3n) is 3.79. The highest BCUT2D eigenvalue weighted by atomic mass is 16.6. The third kappa shape index (κ3) is 0.775. The minimum absolute atomic E-state index is 0.352. The molecule has 3 aliphatic rings. The molecule has 0 radical (unpaired) electrons. The van der Waals surface area contributed by atoms with E-state index in [2.05, 4.69) is 4.74 Å². The standard InChI is InChI=1S/C10H8O6/c11-1-2-3-5-6(10(15)16-9(5)14)4(2)8(13)7(3)12/h1-6,12-13H/t2?,3-,4+,5-,6+. The highest BCUT2D eigenvalue weighted by molar-refractivity contribution is 5.99. The molecule has 16 heavy (non-hydrogen) atoms. The van der Waals surface area contributed by atoms with E-state index in [0.29, 0.717) is 6.29 Å². The number of carbonyl (C=O) groups is 3. The monoisotopic (exact) mass is 224 g/mol. The van der Waals surface area contributed by atoms with Crippen molar-refractivity contribution < 1.29 is 29.3 Å². The molecule has 0 aromatic rings. The summed E-state index contributed by atoms with van der Waals surface area (Å²) in [6, 6.07) is 0. The van der Waals surface area contributed by atoms with Crippen LogP contribution in [0.25, 0.3) is 0 Å². The Bertz CT molecular complexity index is 414. The van der Waals surface area contributed by atoms with Crippen molar-refractivity contribution in [3.8, 4) is 0 Å². The Kier molecular flexibility index (Phi) is 1.54. The number of carbonyl (C=O) groups excluding carboxylic acids is 3. The largest absolute Gasteiger partial charge is 0.508 e. The zero-order valence-corrected chi connectivity index (χ0v) is 7.99. The molecule has 6 nitrogen and oxygen atoms in total. The summed E-state index contributed by atoms with van der Waals surface area (Å²) in [5.41, 5.74) is 0. The quantitative estimate of drug-likeness (QED) is 0.360. The van der Waals surface area contributed by atoms with Crippen molar-refractivity contribution in [3.05, 3.63) is 11.5 Å². The van der Waals surface area contributed by atoms with Crippen molar-refractivity contribution in [2.24, 2.45) is 29.6 Å². The summed E-state index contributed by atoms with van der Waals surface area (Å²) in [4.78, 5) is 33.7. The first-order chi connectivity index (χ1) is 7.57. The predicted molar refractivity (Wildman–Crippen MR) is 46.9 cm³/mol. The molecule has 1 unspecified atom stereocenters. The van der Waals surface area contributed by atoms with E-state index in [1.54, 1.807) is 0 Å². The predicted octanol–water partition coefficient (Wildman–Crippen LogP) is -0.296. The number of rotatable bonds is 1. The van der Waals surface area contributed by atoms with Gasteiger partial charge >= 0.3 is 11.9 Å². The molecule has 6 heteroatoms. The number of aliphatic hydroxyl groups excluding tert-OH is 2. The summed E-state index contributed by atoms with van der Waals surface area (Å²) < 4.78 is 4.46. The van der Waals surface area contributed by atoms with E-state index in [4.69, 9.17) is 0 Å². The van der Waals surface area contributed by atoms with Crippen LogP contribution >= 0.6 is 0 Å². The van der Waals surface area contributed by atoms with Gasteiger partial charge in [0.05, 0.1) is 11.8 Å². The minimum Gasteiger partial charge on any atom is -0.508 e. The fraction of sp³-hybridized carbons (Fsp3) is 0.500. The van der Waals surface area contributed by atoms with Gasteiger partial charge in [0.15, 0.2) is 0 Å². The van der Waals surface area contributed by atoms with Crippen LogP contribution in [0.15, 0.2) is 11.5 Å². The molecule has 5 atom stereocenters. The molecular weight excluding hydrogens is 216 g/mol. The highest BCUT2D eigenvalue weighted by Crippen LogP contribution is 2.59. The van der Waals surface area contributed by atoms with Crippen LogP contribution in [0.5, 0.6) is 0 Å². The van der Waals surface area contributed by atoms with Crippen LogP contribution in [-0.4, -0.2) is 28.4 Å². The van der Waals surface area contributed by atoms with Crippen molar-refractivity contribution in [3.63, 3.8) is 0 Å². The molecule has 0 amide bonds. The second-order valence-electron chi connectivity index (χ2n) is 4.33. The topological polar surface area (TPSA) is 101 Å². The molecule has 2 aliphatic carbocycles. The zero-order valence-electron chi connectivity index (χ0n) is 7.99. The molecule has 0 aromatic heterocycles. The molecule has 1 heterocycles. The Morgan fingerprint density at radius 1 is 0.938 bits per heavy atom. The van der Waals surface area contributed by atoms with Crippen LogP contribution in [0.2, 0.25) is 0 Å². The third-order valence-corrected chi connectivity index (χ3v) is 3.79. The van der Waals surface area contributed by atoms with Crippen molar-refractivity contribution in [1.29, 1.82) is 0 Å². The van der Waals surface area contributed by atoms with Gasteiger partial charge in [0, 0.05) is 17.8 Å². The van der Waals surface area contributed by atoms with Gasteiger partial charge in [-0.05, 0) is 0 Å². The lowest BCUT2D eigenvalue weighted by Crippen LogP contribution is -2.26. The first-order valence-electron chi connectivity index (χ1n) is 4.90. The van der Waals surface area contributed by atoms with E-state index in [9.17, 15) is 24.6 Å². The maximum absolute atomic E-state index is 11.4. The van der Waals surface area contributed by atoms with E-state index < -0.39 is 41.5 Å². The smallest absolute Gasteiger partial charge is 0.318 e. The molecule has 0 spiro atoms. The number of fused-ring (bicyclic) bond motifs is 5. The minimum atomic E-state index is -0.816. The first kappa shape index (κ1) is 9.38. The summed E-state index contributed by atoms with van der Waals surface area (Å²) >= 11 is 0. The van der Waals surface area contributed by atoms with Gasteiger partial charge in [-0.25, -0.2) is 0 Å². The molecule has 1 saturated heterocycles. The summed E-state index contributed by atoms with van der Waals surface area (Å²) in [5.74, 6) is -6.07. The molecule has 1 aliphatic heterocycles. The second-order valence-corrected chi connectivity index (χ2v) is 4.33. The van der Waals surface area contributed by atoms with Crippen LogP contribution in [0.3, 0.4) is 0 Å². The van der Waals surface area contributed by atoms with E-state index in [-0.39, 0.29) is 11.5 Å². The number of cyclic esters (lactones) is 2. The van der Waals surface area contributed by atoms with Gasteiger partial charge in [0.1, 0.15) is 17.8 Å². The van der Waals surface area contributed by atoms with Gasteiger partial charge in [-0.3, -0.25) is 9.59 Å². The van der Waals surface area contributed by atoms with Gasteiger partial charge in [-0.2, -0.15) is 0 Å². The SMILES string of the molecule is O=CC1[C@H]2C(O)=C(O)[C@@H]1[C@@H]1C(=O)OC(=O)[C@@H]12. The molecule has 2 bridgehead atoms. The molecule has 0 aromatic carbocycles. The fourth-order valence-electron chi connectivity index (χ4n) is 3.19. The average Bonchev–Trinajstić information content (AvgIpc) is 2.80. The summed E-state index contributed by atoms with van der Waals surface area (Å²) in [7, 11) is 0. The fourth-order valence-corrected chi connectivity index (χ4v) is 3.19. The molecule has 1 saturated carbocycles. The number of hydrogen-bond acceptors (Lipinski definition) is 6. The van der Waals surface area contributed by atoms with E-state index in [1.807, 2.05) is 0 Å². The Hall–Kier alpha value is -1.85. The molecule has 2 fully saturated rings. The lowest BCUT2D eigenvalue weighted by atomic mass is 9.83. The molecular formula is C10H8O6. The van der Waals surface area contributed by atoms with Gasteiger partial charge in [0.25, 0.3) is 0 Å². The summed E-state index contributed by atoms with van der Waals surface area (Å²) in [6.07, 6.45) is 0.577. The normalized spacial score (nSPS) is 44.9. The van der Waals surface area contributed by atoms with Crippen LogP contribution in [0.1, 0.15) is 0 Å². The number of hydrogen-bond donors (Lipinski definition) is 2. The van der Waals surface area contributed by atoms with Gasteiger partial charge in [-0.1, -0.05) is 0 Å². The Morgan fingerprint density at radius 2 is 1.38 bits per heavy atom. The van der Waals surface area contributed by atoms with Crippen LogP contribution in [0.4, 0.5) is 0 Å². The van der Waals surface area contributed by atoms with Gasteiger partial charge in [-0.15, -0.1) is 0 Å². The number of esters is 2. The lowest BCUT2D eigenvalue weighted by Gasteiger charge is -2.18. The van der Waals surface area contributed by atoms with Gasteiger partial charge < -0.3 is 19.7 Å². The van der Waals surface area contributed by atoms with E-state index in [0.717, 1.165) is 0 Å². The average molecular weight is 224 g/mol. The maximum atomic E-state index is 11.4. The van der Waals surface area contributed by atoms with Crippen LogP contribution < -0.4 is 0 Å². The maximum Gasteiger partial charge on any atom is 0.318 e. The zero-order chi connectivity index (χ0) is 11.6. The molecule has 84 valence electrons. The highest BCUT2D eigenvalue weighted by Gasteiger charge is 2.68. The number of aliphatic hydroxyl groups is 2. The van der Waals surface area contributed by atoms with E-state index in [1.165, 1.54) is 0 Å². The van der Waals surface area contributed by atoms with Crippen LogP contribution in [0, 0.1) is 29.6 Å². The number of allylic oxidation sites excluding steroid dienone is 2. The van der Waals surface area contributed by atoms with Gasteiger partial charge in [0.2, 0.25) is 0 Å². The molecule has 3 rings (SSSR count). The van der Waals surface area contributed by atoms with Crippen LogP contribution in [-0.2, 0) is 19.1 Å². The number of aldehydes is 1. The van der Waals surface area contributed by atoms with Crippen molar-refractivity contribution in [2.45, 2.75) is 0 Å². The Labute approximate surface area is 89.5 Å². The first-order valence-corrected chi connectivity index (χ1v) is 4.90. The second kappa shape index (κ2) is 2.63. The Balaban J connectivity index is 2.14. The van der Waals surface area contributed by atoms with Crippen molar-refractivity contribution in [1.82, 2.24) is 0 Å². The van der Waals surface area contributed by atoms with E-state index >= 15 is 0 Å². The summed E-state index contributed by atoms with van der Waals surface area (Å²) in [6.45, 7) is 0. The van der Waals surface area contributed by atoms with Crippen molar-refractivity contribution >= 4 is 18.2 Å². The summed E-state index contributed by atoms with van der Waals surface area (Å²) in [5, 5.41) is 19.2. The molecule has 2 N–H and O–H groups in total. The Morgan fingerprint density at radius 3 is 1.75 bits per heavy atom. The lowest BCUT2D eigenvalue weighted by molar-refractivity contribution is -0.155.